The Bertz CT molecular complexity index is 366. The van der Waals surface area contributed by atoms with Gasteiger partial charge in [-0.25, -0.2) is 13.1 Å². The van der Waals surface area contributed by atoms with Crippen LogP contribution in [0, 0.1) is 0 Å². The Labute approximate surface area is 103 Å². The summed E-state index contributed by atoms with van der Waals surface area (Å²) in [7, 11) is -4.00. The van der Waals surface area contributed by atoms with Crippen molar-refractivity contribution in [3.63, 3.8) is 0 Å². The summed E-state index contributed by atoms with van der Waals surface area (Å²) in [6, 6.07) is -1.29. The fraction of sp³-hybridized carbons (Fsp3) is 0.889. The monoisotopic (exact) mass is 291 g/mol. The van der Waals surface area contributed by atoms with Crippen LogP contribution in [-0.4, -0.2) is 37.5 Å². The summed E-state index contributed by atoms with van der Waals surface area (Å²) >= 11 is 0. The highest BCUT2D eigenvalue weighted by Gasteiger charge is 2.28. The lowest BCUT2D eigenvalue weighted by Gasteiger charge is -2.14. The molecule has 0 amide bonds. The number of carboxylic acid groups (broad SMARTS) is 1. The van der Waals surface area contributed by atoms with Crippen molar-refractivity contribution in [2.24, 2.45) is 0 Å². The number of nitrogens with one attached hydrogen (secondary N) is 1. The van der Waals surface area contributed by atoms with E-state index in [2.05, 4.69) is 0 Å². The first kappa shape index (κ1) is 17.2. The molecule has 0 aliphatic heterocycles. The molecule has 0 fully saturated rings. The lowest BCUT2D eigenvalue weighted by molar-refractivity contribution is -0.139. The van der Waals surface area contributed by atoms with Gasteiger partial charge in [0.1, 0.15) is 6.04 Å². The van der Waals surface area contributed by atoms with Crippen molar-refractivity contribution in [3.05, 3.63) is 0 Å². The third kappa shape index (κ3) is 8.29. The molecule has 0 rings (SSSR count). The normalized spacial score (nSPS) is 14.4. The molecule has 108 valence electrons. The van der Waals surface area contributed by atoms with Crippen LogP contribution < -0.4 is 4.72 Å². The largest absolute Gasteiger partial charge is 0.480 e. The summed E-state index contributed by atoms with van der Waals surface area (Å²) in [5.41, 5.74) is 0. The van der Waals surface area contributed by atoms with Crippen LogP contribution in [0.25, 0.3) is 0 Å². The van der Waals surface area contributed by atoms with Crippen LogP contribution in [0.5, 0.6) is 0 Å². The molecule has 0 aliphatic rings. The molecule has 0 radical (unpaired) electrons. The Morgan fingerprint density at radius 3 is 2.33 bits per heavy atom. The molecule has 0 spiro atoms. The minimum atomic E-state index is -4.41. The SMILES string of the molecule is CCC[C@H](NS(=O)(=O)CCCC(F)(F)F)C(=O)O. The van der Waals surface area contributed by atoms with Gasteiger partial charge in [0.25, 0.3) is 0 Å². The molecule has 0 aliphatic carbocycles. The van der Waals surface area contributed by atoms with Gasteiger partial charge in [-0.1, -0.05) is 13.3 Å². The fourth-order valence-corrected chi connectivity index (χ4v) is 2.55. The predicted molar refractivity (Wildman–Crippen MR) is 58.5 cm³/mol. The first-order chi connectivity index (χ1) is 8.07. The van der Waals surface area contributed by atoms with Gasteiger partial charge in [0.2, 0.25) is 10.0 Å². The molecular formula is C9H16F3NO4S. The van der Waals surface area contributed by atoms with Crippen molar-refractivity contribution in [2.45, 2.75) is 44.8 Å². The minimum Gasteiger partial charge on any atom is -0.480 e. The van der Waals surface area contributed by atoms with Crippen LogP contribution in [0.15, 0.2) is 0 Å². The highest BCUT2D eigenvalue weighted by Crippen LogP contribution is 2.21. The number of carbonyl (C=O) groups is 1. The Morgan fingerprint density at radius 2 is 1.94 bits per heavy atom. The highest BCUT2D eigenvalue weighted by molar-refractivity contribution is 7.89. The van der Waals surface area contributed by atoms with Gasteiger partial charge in [-0.05, 0) is 12.8 Å². The van der Waals surface area contributed by atoms with E-state index in [0.29, 0.717) is 6.42 Å². The Morgan fingerprint density at radius 1 is 1.39 bits per heavy atom. The number of alkyl halides is 3. The van der Waals surface area contributed by atoms with Crippen molar-refractivity contribution in [1.82, 2.24) is 4.72 Å². The second kappa shape index (κ2) is 6.93. The molecule has 0 aromatic rings. The number of hydrogen-bond acceptors (Lipinski definition) is 3. The molecule has 1 atom stereocenters. The summed E-state index contributed by atoms with van der Waals surface area (Å²) < 4.78 is 60.1. The summed E-state index contributed by atoms with van der Waals surface area (Å²) in [6.45, 7) is 1.67. The maximum atomic E-state index is 11.8. The number of halogens is 3. The van der Waals surface area contributed by atoms with E-state index in [4.69, 9.17) is 5.11 Å². The maximum Gasteiger partial charge on any atom is 0.389 e. The van der Waals surface area contributed by atoms with Gasteiger partial charge in [-0.3, -0.25) is 4.79 Å². The molecule has 2 N–H and O–H groups in total. The van der Waals surface area contributed by atoms with Crippen LogP contribution >= 0.6 is 0 Å². The second-order valence-electron chi connectivity index (χ2n) is 3.83. The van der Waals surface area contributed by atoms with Crippen molar-refractivity contribution >= 4 is 16.0 Å². The number of aliphatic carboxylic acids is 1. The molecule has 0 unspecified atom stereocenters. The summed E-state index contributed by atoms with van der Waals surface area (Å²) in [4.78, 5) is 10.7. The zero-order valence-corrected chi connectivity index (χ0v) is 10.6. The molecule has 0 aromatic heterocycles. The maximum absolute atomic E-state index is 11.8. The minimum absolute atomic E-state index is 0.0911. The first-order valence-electron chi connectivity index (χ1n) is 5.37. The van der Waals surface area contributed by atoms with E-state index in [9.17, 15) is 26.4 Å². The van der Waals surface area contributed by atoms with E-state index in [1.807, 2.05) is 4.72 Å². The second-order valence-corrected chi connectivity index (χ2v) is 5.71. The highest BCUT2D eigenvalue weighted by atomic mass is 32.2. The predicted octanol–water partition coefficient (Wildman–Crippen LogP) is 1.50. The topological polar surface area (TPSA) is 83.5 Å². The van der Waals surface area contributed by atoms with E-state index in [0.717, 1.165) is 0 Å². The summed E-state index contributed by atoms with van der Waals surface area (Å²) in [5, 5.41) is 8.72. The Balaban J connectivity index is 4.33. The average molecular weight is 291 g/mol. The van der Waals surface area contributed by atoms with Crippen molar-refractivity contribution in [2.75, 3.05) is 5.75 Å². The molecule has 0 heterocycles. The first-order valence-corrected chi connectivity index (χ1v) is 7.02. The third-order valence-electron chi connectivity index (χ3n) is 2.07. The van der Waals surface area contributed by atoms with Crippen molar-refractivity contribution in [3.8, 4) is 0 Å². The number of sulfonamides is 1. The summed E-state index contributed by atoms with van der Waals surface area (Å²) in [5.74, 6) is -2.07. The molecule has 18 heavy (non-hydrogen) atoms. The van der Waals surface area contributed by atoms with Crippen LogP contribution in [0.3, 0.4) is 0 Å². The molecular weight excluding hydrogens is 275 g/mol. The van der Waals surface area contributed by atoms with Crippen LogP contribution in [-0.2, 0) is 14.8 Å². The quantitative estimate of drug-likeness (QED) is 0.710. The zero-order valence-electron chi connectivity index (χ0n) is 9.83. The van der Waals surface area contributed by atoms with Gasteiger partial charge in [0, 0.05) is 6.42 Å². The van der Waals surface area contributed by atoms with Gasteiger partial charge < -0.3 is 5.11 Å². The molecule has 9 heteroatoms. The van der Waals surface area contributed by atoms with Gasteiger partial charge >= 0.3 is 12.1 Å². The summed E-state index contributed by atoms with van der Waals surface area (Å²) in [6.07, 6.45) is -5.67. The average Bonchev–Trinajstić information content (AvgIpc) is 2.13. The van der Waals surface area contributed by atoms with Crippen molar-refractivity contribution < 1.29 is 31.5 Å². The smallest absolute Gasteiger partial charge is 0.389 e. The van der Waals surface area contributed by atoms with E-state index >= 15 is 0 Å². The van der Waals surface area contributed by atoms with E-state index < -0.39 is 46.8 Å². The lowest BCUT2D eigenvalue weighted by atomic mass is 10.2. The van der Waals surface area contributed by atoms with Crippen LogP contribution in [0.1, 0.15) is 32.6 Å². The number of carboxylic acids is 1. The number of hydrogen-bond donors (Lipinski definition) is 2. The van der Waals surface area contributed by atoms with Gasteiger partial charge in [-0.2, -0.15) is 13.2 Å². The molecule has 0 aromatic carbocycles. The van der Waals surface area contributed by atoms with Crippen LogP contribution in [0.2, 0.25) is 0 Å². The molecule has 0 saturated heterocycles. The van der Waals surface area contributed by atoms with Gasteiger partial charge in [-0.15, -0.1) is 0 Å². The molecule has 5 nitrogen and oxygen atoms in total. The molecule has 0 saturated carbocycles. The zero-order chi connectivity index (χ0) is 14.4. The van der Waals surface area contributed by atoms with Gasteiger partial charge in [0.05, 0.1) is 5.75 Å². The Hall–Kier alpha value is -0.830. The molecule has 0 bridgehead atoms. The van der Waals surface area contributed by atoms with E-state index in [1.165, 1.54) is 0 Å². The van der Waals surface area contributed by atoms with Gasteiger partial charge in [0.15, 0.2) is 0 Å². The van der Waals surface area contributed by atoms with E-state index in [-0.39, 0.29) is 6.42 Å². The Kier molecular flexibility index (Phi) is 6.61. The van der Waals surface area contributed by atoms with E-state index in [1.54, 1.807) is 6.92 Å². The number of rotatable bonds is 8. The van der Waals surface area contributed by atoms with Crippen LogP contribution in [0.4, 0.5) is 13.2 Å². The lowest BCUT2D eigenvalue weighted by Crippen LogP contribution is -2.41. The standard InChI is InChI=1S/C9H16F3NO4S/c1-2-4-7(8(14)15)13-18(16,17)6-3-5-9(10,11)12/h7,13H,2-6H2,1H3,(H,14,15)/t7-/m0/s1. The third-order valence-corrected chi connectivity index (χ3v) is 3.54. The fourth-order valence-electron chi connectivity index (χ4n) is 1.26. The van der Waals surface area contributed by atoms with Crippen molar-refractivity contribution in [1.29, 1.82) is 0 Å².